The standard InChI is InChI=1S/C15H28N2O3S/c1-5-19-9-7-17(8-10-20-6-2)15-16-14(12(3)4)13(11-18)21-15/h12,18H,5-11H2,1-4H3. The van der Waals surface area contributed by atoms with Gasteiger partial charge in [-0.1, -0.05) is 25.2 Å². The molecular weight excluding hydrogens is 288 g/mol. The SMILES string of the molecule is CCOCCN(CCOCC)c1nc(C(C)C)c(CO)s1. The molecule has 0 atom stereocenters. The van der Waals surface area contributed by atoms with Crippen LogP contribution in [0, 0.1) is 0 Å². The van der Waals surface area contributed by atoms with Gasteiger partial charge < -0.3 is 19.5 Å². The van der Waals surface area contributed by atoms with E-state index in [1.165, 1.54) is 0 Å². The molecule has 0 aromatic carbocycles. The highest BCUT2D eigenvalue weighted by atomic mass is 32.1. The van der Waals surface area contributed by atoms with Crippen LogP contribution in [0.15, 0.2) is 0 Å². The number of thiazole rings is 1. The summed E-state index contributed by atoms with van der Waals surface area (Å²) in [5.41, 5.74) is 0.996. The van der Waals surface area contributed by atoms with E-state index in [4.69, 9.17) is 14.5 Å². The van der Waals surface area contributed by atoms with Crippen LogP contribution in [0.2, 0.25) is 0 Å². The Labute approximate surface area is 131 Å². The molecule has 21 heavy (non-hydrogen) atoms. The molecule has 0 aliphatic heterocycles. The maximum Gasteiger partial charge on any atom is 0.186 e. The van der Waals surface area contributed by atoms with E-state index in [0.29, 0.717) is 19.1 Å². The molecule has 0 amide bonds. The number of hydrogen-bond acceptors (Lipinski definition) is 6. The first-order valence-corrected chi connectivity index (χ1v) is 8.46. The first-order chi connectivity index (χ1) is 10.1. The molecule has 0 spiro atoms. The maximum absolute atomic E-state index is 9.49. The molecule has 0 bridgehead atoms. The van der Waals surface area contributed by atoms with E-state index in [2.05, 4.69) is 18.7 Å². The number of ether oxygens (including phenoxy) is 2. The van der Waals surface area contributed by atoms with Crippen LogP contribution in [0.3, 0.4) is 0 Å². The van der Waals surface area contributed by atoms with Gasteiger partial charge in [-0.05, 0) is 19.8 Å². The van der Waals surface area contributed by atoms with E-state index >= 15 is 0 Å². The quantitative estimate of drug-likeness (QED) is 0.636. The Balaban J connectivity index is 2.79. The second-order valence-electron chi connectivity index (χ2n) is 5.00. The fraction of sp³-hybridized carbons (Fsp3) is 0.800. The van der Waals surface area contributed by atoms with Gasteiger partial charge in [0, 0.05) is 26.3 Å². The van der Waals surface area contributed by atoms with E-state index in [-0.39, 0.29) is 6.61 Å². The average Bonchev–Trinajstić information content (AvgIpc) is 2.90. The number of aliphatic hydroxyl groups is 1. The Morgan fingerprint density at radius 2 is 1.71 bits per heavy atom. The molecule has 1 rings (SSSR count). The number of aromatic nitrogens is 1. The summed E-state index contributed by atoms with van der Waals surface area (Å²) in [5.74, 6) is 0.317. The highest BCUT2D eigenvalue weighted by molar-refractivity contribution is 7.15. The summed E-state index contributed by atoms with van der Waals surface area (Å²) in [7, 11) is 0. The van der Waals surface area contributed by atoms with Gasteiger partial charge in [-0.15, -0.1) is 0 Å². The van der Waals surface area contributed by atoms with Crippen molar-refractivity contribution in [3.63, 3.8) is 0 Å². The van der Waals surface area contributed by atoms with Gasteiger partial charge in [-0.3, -0.25) is 0 Å². The lowest BCUT2D eigenvalue weighted by Crippen LogP contribution is -2.31. The molecule has 1 aromatic heterocycles. The van der Waals surface area contributed by atoms with E-state index in [1.54, 1.807) is 11.3 Å². The van der Waals surface area contributed by atoms with Crippen molar-refractivity contribution in [1.29, 1.82) is 0 Å². The van der Waals surface area contributed by atoms with Crippen molar-refractivity contribution in [3.05, 3.63) is 10.6 Å². The van der Waals surface area contributed by atoms with Crippen molar-refractivity contribution >= 4 is 16.5 Å². The summed E-state index contributed by atoms with van der Waals surface area (Å²) in [6.45, 7) is 12.6. The van der Waals surface area contributed by atoms with E-state index in [1.807, 2.05) is 13.8 Å². The Morgan fingerprint density at radius 1 is 1.14 bits per heavy atom. The van der Waals surface area contributed by atoms with Crippen LogP contribution in [0.1, 0.15) is 44.2 Å². The van der Waals surface area contributed by atoms with Crippen LogP contribution in [-0.4, -0.2) is 49.6 Å². The Bertz CT molecular complexity index is 386. The first-order valence-electron chi connectivity index (χ1n) is 7.64. The first kappa shape index (κ1) is 18.4. The average molecular weight is 316 g/mol. The number of aliphatic hydroxyl groups excluding tert-OH is 1. The topological polar surface area (TPSA) is 54.8 Å². The summed E-state index contributed by atoms with van der Waals surface area (Å²) in [5, 5.41) is 10.4. The molecule has 5 nitrogen and oxygen atoms in total. The van der Waals surface area contributed by atoms with E-state index in [0.717, 1.165) is 42.0 Å². The third-order valence-corrected chi connectivity index (χ3v) is 4.21. The van der Waals surface area contributed by atoms with Crippen molar-refractivity contribution < 1.29 is 14.6 Å². The van der Waals surface area contributed by atoms with Crippen LogP contribution in [0.4, 0.5) is 5.13 Å². The molecule has 6 heteroatoms. The summed E-state index contributed by atoms with van der Waals surface area (Å²) >= 11 is 1.57. The minimum absolute atomic E-state index is 0.0515. The van der Waals surface area contributed by atoms with Crippen LogP contribution in [0.25, 0.3) is 0 Å². The number of hydrogen-bond donors (Lipinski definition) is 1. The zero-order valence-electron chi connectivity index (χ0n) is 13.6. The van der Waals surface area contributed by atoms with Gasteiger partial charge in [0.1, 0.15) is 0 Å². The minimum Gasteiger partial charge on any atom is -0.391 e. The summed E-state index contributed by atoms with van der Waals surface area (Å²) in [6, 6.07) is 0. The summed E-state index contributed by atoms with van der Waals surface area (Å²) in [6.07, 6.45) is 0. The summed E-state index contributed by atoms with van der Waals surface area (Å²) in [4.78, 5) is 7.85. The van der Waals surface area contributed by atoms with Crippen molar-refractivity contribution in [1.82, 2.24) is 4.98 Å². The van der Waals surface area contributed by atoms with Crippen LogP contribution >= 0.6 is 11.3 Å². The lowest BCUT2D eigenvalue weighted by Gasteiger charge is -2.21. The van der Waals surface area contributed by atoms with Crippen LogP contribution in [-0.2, 0) is 16.1 Å². The number of rotatable bonds is 11. The maximum atomic E-state index is 9.49. The molecule has 0 radical (unpaired) electrons. The number of anilines is 1. The second kappa shape index (κ2) is 10.1. The van der Waals surface area contributed by atoms with Crippen molar-refractivity contribution in [2.75, 3.05) is 44.4 Å². The zero-order chi connectivity index (χ0) is 15.7. The molecule has 1 heterocycles. The summed E-state index contributed by atoms with van der Waals surface area (Å²) < 4.78 is 10.9. The fourth-order valence-corrected chi connectivity index (χ4v) is 3.12. The van der Waals surface area contributed by atoms with Crippen molar-refractivity contribution in [2.45, 2.75) is 40.2 Å². The lowest BCUT2D eigenvalue weighted by molar-refractivity contribution is 0.141. The van der Waals surface area contributed by atoms with Gasteiger partial charge in [0.15, 0.2) is 5.13 Å². The van der Waals surface area contributed by atoms with Crippen molar-refractivity contribution in [3.8, 4) is 0 Å². The smallest absolute Gasteiger partial charge is 0.186 e. The van der Waals surface area contributed by atoms with Gasteiger partial charge in [0.2, 0.25) is 0 Å². The highest BCUT2D eigenvalue weighted by Gasteiger charge is 2.17. The van der Waals surface area contributed by atoms with E-state index < -0.39 is 0 Å². The largest absolute Gasteiger partial charge is 0.391 e. The van der Waals surface area contributed by atoms with Crippen LogP contribution in [0.5, 0.6) is 0 Å². The van der Waals surface area contributed by atoms with Gasteiger partial charge >= 0.3 is 0 Å². The van der Waals surface area contributed by atoms with Gasteiger partial charge in [0.05, 0.1) is 30.4 Å². The minimum atomic E-state index is 0.0515. The molecule has 0 aliphatic rings. The molecule has 0 saturated carbocycles. The molecule has 1 aromatic rings. The monoisotopic (exact) mass is 316 g/mol. The molecule has 0 fully saturated rings. The van der Waals surface area contributed by atoms with Crippen LogP contribution < -0.4 is 4.90 Å². The third-order valence-electron chi connectivity index (χ3n) is 3.10. The third kappa shape index (κ3) is 5.90. The Kier molecular flexibility index (Phi) is 8.84. The predicted molar refractivity (Wildman–Crippen MR) is 87.3 cm³/mol. The van der Waals surface area contributed by atoms with Gasteiger partial charge in [-0.25, -0.2) is 4.98 Å². The van der Waals surface area contributed by atoms with E-state index in [9.17, 15) is 5.11 Å². The molecule has 1 N–H and O–H groups in total. The molecule has 0 unspecified atom stereocenters. The lowest BCUT2D eigenvalue weighted by atomic mass is 10.1. The molecular formula is C15H28N2O3S. The Hall–Kier alpha value is -0.690. The zero-order valence-corrected chi connectivity index (χ0v) is 14.4. The van der Waals surface area contributed by atoms with Crippen molar-refractivity contribution in [2.24, 2.45) is 0 Å². The van der Waals surface area contributed by atoms with Gasteiger partial charge in [-0.2, -0.15) is 0 Å². The second-order valence-corrected chi connectivity index (χ2v) is 6.06. The molecule has 0 aliphatic carbocycles. The highest BCUT2D eigenvalue weighted by Crippen LogP contribution is 2.30. The Morgan fingerprint density at radius 3 is 2.10 bits per heavy atom. The molecule has 0 saturated heterocycles. The normalized spacial score (nSPS) is 11.3. The number of nitrogens with zero attached hydrogens (tertiary/aromatic N) is 2. The van der Waals surface area contributed by atoms with Gasteiger partial charge in [0.25, 0.3) is 0 Å². The molecule has 122 valence electrons. The predicted octanol–water partition coefficient (Wildman–Crippen LogP) is 2.64. The fourth-order valence-electron chi connectivity index (χ4n) is 1.99.